The lowest BCUT2D eigenvalue weighted by molar-refractivity contribution is 0.225. The Hall–Kier alpha value is -1.68. The first-order valence-electron chi connectivity index (χ1n) is 7.92. The fourth-order valence-electron chi connectivity index (χ4n) is 3.04. The summed E-state index contributed by atoms with van der Waals surface area (Å²) in [5.74, 6) is 1.68. The predicted octanol–water partition coefficient (Wildman–Crippen LogP) is 3.18. The van der Waals surface area contributed by atoms with Crippen LogP contribution in [0.25, 0.3) is 5.69 Å². The first-order valence-corrected chi connectivity index (χ1v) is 7.92. The number of nitrogens with zero attached hydrogens (tertiary/aromatic N) is 3. The summed E-state index contributed by atoms with van der Waals surface area (Å²) in [4.78, 5) is 1.70. The van der Waals surface area contributed by atoms with Crippen molar-refractivity contribution in [1.29, 1.82) is 0 Å². The molecule has 4 nitrogen and oxygen atoms in total. The molecular weight excluding hydrogens is 260 g/mol. The fourth-order valence-corrected chi connectivity index (χ4v) is 3.04. The second kappa shape index (κ2) is 6.39. The fraction of sp³-hybridized carbons (Fsp3) is 0.529. The van der Waals surface area contributed by atoms with Crippen molar-refractivity contribution in [2.45, 2.75) is 45.7 Å². The third kappa shape index (κ3) is 3.50. The zero-order chi connectivity index (χ0) is 14.7. The monoisotopic (exact) mass is 284 g/mol. The summed E-state index contributed by atoms with van der Waals surface area (Å²) in [7, 11) is 0. The standard InChI is InChI=1S/C17H24N4/c1-13-8-9-15(10-14(13)2)18-11-16-12-19-21(20-16)17-6-4-3-5-7-17/h3-7,12-15,18H,8-11H2,1-2H3. The molecule has 1 saturated carbocycles. The summed E-state index contributed by atoms with van der Waals surface area (Å²) in [6.07, 6.45) is 5.73. The van der Waals surface area contributed by atoms with Crippen LogP contribution in [0.2, 0.25) is 0 Å². The van der Waals surface area contributed by atoms with Gasteiger partial charge >= 0.3 is 0 Å². The van der Waals surface area contributed by atoms with E-state index >= 15 is 0 Å². The van der Waals surface area contributed by atoms with E-state index < -0.39 is 0 Å². The highest BCUT2D eigenvalue weighted by Crippen LogP contribution is 2.29. The third-order valence-corrected chi connectivity index (χ3v) is 4.70. The van der Waals surface area contributed by atoms with E-state index in [1.807, 2.05) is 36.5 Å². The Morgan fingerprint density at radius 3 is 2.71 bits per heavy atom. The largest absolute Gasteiger partial charge is 0.308 e. The van der Waals surface area contributed by atoms with Gasteiger partial charge in [-0.05, 0) is 43.2 Å². The molecule has 0 amide bonds. The van der Waals surface area contributed by atoms with E-state index in [2.05, 4.69) is 29.4 Å². The third-order valence-electron chi connectivity index (χ3n) is 4.70. The minimum Gasteiger partial charge on any atom is -0.308 e. The molecule has 1 aromatic carbocycles. The maximum absolute atomic E-state index is 4.54. The van der Waals surface area contributed by atoms with Gasteiger partial charge in [0.05, 0.1) is 17.6 Å². The van der Waals surface area contributed by atoms with Gasteiger partial charge in [-0.15, -0.1) is 0 Å². The maximum atomic E-state index is 4.54. The summed E-state index contributed by atoms with van der Waals surface area (Å²) in [5.41, 5.74) is 2.01. The van der Waals surface area contributed by atoms with Crippen molar-refractivity contribution in [3.63, 3.8) is 0 Å². The average molecular weight is 284 g/mol. The van der Waals surface area contributed by atoms with Crippen LogP contribution >= 0.6 is 0 Å². The molecular formula is C17H24N4. The Labute approximate surface area is 126 Å². The van der Waals surface area contributed by atoms with Crippen LogP contribution in [0.3, 0.4) is 0 Å². The van der Waals surface area contributed by atoms with Crippen molar-refractivity contribution in [3.05, 3.63) is 42.2 Å². The lowest BCUT2D eigenvalue weighted by Gasteiger charge is -2.32. The van der Waals surface area contributed by atoms with E-state index in [9.17, 15) is 0 Å². The quantitative estimate of drug-likeness (QED) is 0.937. The minimum absolute atomic E-state index is 0.623. The molecule has 2 aromatic rings. The van der Waals surface area contributed by atoms with Crippen molar-refractivity contribution in [2.75, 3.05) is 0 Å². The van der Waals surface area contributed by atoms with Gasteiger partial charge in [-0.25, -0.2) is 0 Å². The first kappa shape index (κ1) is 14.3. The molecule has 1 aromatic heterocycles. The number of nitrogens with one attached hydrogen (secondary N) is 1. The highest BCUT2D eigenvalue weighted by molar-refractivity contribution is 5.28. The van der Waals surface area contributed by atoms with Crippen molar-refractivity contribution in [3.8, 4) is 5.69 Å². The van der Waals surface area contributed by atoms with Gasteiger partial charge in [-0.1, -0.05) is 32.0 Å². The second-order valence-electron chi connectivity index (χ2n) is 6.31. The summed E-state index contributed by atoms with van der Waals surface area (Å²) < 4.78 is 0. The zero-order valence-corrected chi connectivity index (χ0v) is 12.9. The molecule has 4 heteroatoms. The van der Waals surface area contributed by atoms with Crippen LogP contribution in [0.15, 0.2) is 36.5 Å². The molecule has 0 aliphatic heterocycles. The van der Waals surface area contributed by atoms with Crippen LogP contribution in [0.4, 0.5) is 0 Å². The SMILES string of the molecule is CC1CCC(NCc2cnn(-c3ccccc3)n2)CC1C. The number of aromatic nitrogens is 3. The lowest BCUT2D eigenvalue weighted by atomic mass is 9.79. The molecule has 1 aliphatic carbocycles. The van der Waals surface area contributed by atoms with Crippen molar-refractivity contribution < 1.29 is 0 Å². The maximum Gasteiger partial charge on any atom is 0.0969 e. The average Bonchev–Trinajstić information content (AvgIpc) is 2.98. The molecule has 1 heterocycles. The number of hydrogen-bond donors (Lipinski definition) is 1. The molecule has 3 unspecified atom stereocenters. The van der Waals surface area contributed by atoms with Gasteiger partial charge in [0.15, 0.2) is 0 Å². The Kier molecular flexibility index (Phi) is 4.34. The van der Waals surface area contributed by atoms with Crippen LogP contribution in [-0.4, -0.2) is 21.0 Å². The predicted molar refractivity (Wildman–Crippen MR) is 84.2 cm³/mol. The molecule has 1 N–H and O–H groups in total. The Bertz CT molecular complexity index is 563. The lowest BCUT2D eigenvalue weighted by Crippen LogP contribution is -2.35. The van der Waals surface area contributed by atoms with E-state index in [1.165, 1.54) is 19.3 Å². The number of rotatable bonds is 4. The highest BCUT2D eigenvalue weighted by Gasteiger charge is 2.24. The van der Waals surface area contributed by atoms with Crippen LogP contribution in [-0.2, 0) is 6.54 Å². The molecule has 1 aliphatic rings. The molecule has 0 spiro atoms. The number of benzene rings is 1. The Morgan fingerprint density at radius 1 is 1.14 bits per heavy atom. The molecule has 3 rings (SSSR count). The summed E-state index contributed by atoms with van der Waals surface area (Å²) in [5, 5.41) is 12.5. The van der Waals surface area contributed by atoms with Crippen molar-refractivity contribution >= 4 is 0 Å². The van der Waals surface area contributed by atoms with Gasteiger partial charge in [0, 0.05) is 12.6 Å². The van der Waals surface area contributed by atoms with Gasteiger partial charge in [0.1, 0.15) is 0 Å². The normalized spacial score (nSPS) is 25.9. The van der Waals surface area contributed by atoms with Crippen molar-refractivity contribution in [1.82, 2.24) is 20.3 Å². The molecule has 112 valence electrons. The van der Waals surface area contributed by atoms with Gasteiger partial charge < -0.3 is 5.32 Å². The molecule has 0 radical (unpaired) electrons. The molecule has 0 saturated heterocycles. The minimum atomic E-state index is 0.623. The molecule has 0 bridgehead atoms. The van der Waals surface area contributed by atoms with E-state index in [4.69, 9.17) is 0 Å². The van der Waals surface area contributed by atoms with E-state index in [1.54, 1.807) is 4.80 Å². The Morgan fingerprint density at radius 2 is 1.95 bits per heavy atom. The van der Waals surface area contributed by atoms with Crippen molar-refractivity contribution in [2.24, 2.45) is 11.8 Å². The van der Waals surface area contributed by atoms with Gasteiger partial charge in [0.25, 0.3) is 0 Å². The highest BCUT2D eigenvalue weighted by atomic mass is 15.5. The topological polar surface area (TPSA) is 42.7 Å². The zero-order valence-electron chi connectivity index (χ0n) is 12.9. The van der Waals surface area contributed by atoms with E-state index in [0.717, 1.165) is 29.8 Å². The summed E-state index contributed by atoms with van der Waals surface area (Å²) in [6, 6.07) is 10.7. The van der Waals surface area contributed by atoms with Crippen LogP contribution in [0.5, 0.6) is 0 Å². The number of hydrogen-bond acceptors (Lipinski definition) is 3. The molecule has 1 fully saturated rings. The van der Waals surface area contributed by atoms with E-state index in [-0.39, 0.29) is 0 Å². The summed E-state index contributed by atoms with van der Waals surface area (Å²) in [6.45, 7) is 5.54. The van der Waals surface area contributed by atoms with Crippen LogP contribution in [0.1, 0.15) is 38.8 Å². The summed E-state index contributed by atoms with van der Waals surface area (Å²) >= 11 is 0. The number of para-hydroxylation sites is 1. The second-order valence-corrected chi connectivity index (χ2v) is 6.31. The molecule has 3 atom stereocenters. The van der Waals surface area contributed by atoms with Crippen LogP contribution in [0, 0.1) is 11.8 Å². The van der Waals surface area contributed by atoms with Gasteiger partial charge in [-0.3, -0.25) is 0 Å². The van der Waals surface area contributed by atoms with Gasteiger partial charge in [-0.2, -0.15) is 15.0 Å². The van der Waals surface area contributed by atoms with E-state index in [0.29, 0.717) is 6.04 Å². The first-order chi connectivity index (χ1) is 10.2. The molecule has 21 heavy (non-hydrogen) atoms. The van der Waals surface area contributed by atoms with Gasteiger partial charge in [0.2, 0.25) is 0 Å². The Balaban J connectivity index is 1.56. The smallest absolute Gasteiger partial charge is 0.0969 e. The van der Waals surface area contributed by atoms with Crippen LogP contribution < -0.4 is 5.32 Å².